The molecule has 19 heavy (non-hydrogen) atoms. The number of hydrogen-bond acceptors (Lipinski definition) is 2. The summed E-state index contributed by atoms with van der Waals surface area (Å²) in [5.74, 6) is -0.797. The number of hydrogen-bond donors (Lipinski definition) is 1. The maximum Gasteiger partial charge on any atom is 0.306 e. The van der Waals surface area contributed by atoms with Crippen molar-refractivity contribution < 1.29 is 9.90 Å². The molecular weight excluding hydrogens is 285 g/mol. The summed E-state index contributed by atoms with van der Waals surface area (Å²) in [6.45, 7) is 5.41. The minimum atomic E-state index is -0.724. The molecule has 0 aliphatic carbocycles. The SMILES string of the molecule is CC(C(=O)O)C1CN(C(C)c2cc(Cl)ccc2Cl)C1. The number of likely N-dealkylation sites (tertiary alicyclic amines) is 1. The predicted octanol–water partition coefficient (Wildman–Crippen LogP) is 3.71. The topological polar surface area (TPSA) is 40.5 Å². The minimum Gasteiger partial charge on any atom is -0.481 e. The molecule has 0 aromatic heterocycles. The smallest absolute Gasteiger partial charge is 0.306 e. The van der Waals surface area contributed by atoms with Crippen LogP contribution in [0.15, 0.2) is 18.2 Å². The van der Waals surface area contributed by atoms with Crippen LogP contribution in [0.5, 0.6) is 0 Å². The van der Waals surface area contributed by atoms with Crippen molar-refractivity contribution in [2.45, 2.75) is 19.9 Å². The Kier molecular flexibility index (Phi) is 4.39. The van der Waals surface area contributed by atoms with Gasteiger partial charge < -0.3 is 5.11 Å². The first-order valence-corrected chi connectivity index (χ1v) is 7.07. The molecule has 104 valence electrons. The van der Waals surface area contributed by atoms with Gasteiger partial charge in [0.25, 0.3) is 0 Å². The van der Waals surface area contributed by atoms with Crippen molar-refractivity contribution in [1.82, 2.24) is 4.90 Å². The Labute approximate surface area is 123 Å². The molecule has 1 aromatic rings. The second-order valence-corrected chi connectivity index (χ2v) is 6.03. The normalized spacial score (nSPS) is 19.8. The quantitative estimate of drug-likeness (QED) is 0.922. The molecule has 1 heterocycles. The third kappa shape index (κ3) is 3.04. The monoisotopic (exact) mass is 301 g/mol. The molecule has 0 saturated carbocycles. The van der Waals surface area contributed by atoms with E-state index in [0.717, 1.165) is 18.7 Å². The van der Waals surface area contributed by atoms with E-state index >= 15 is 0 Å². The van der Waals surface area contributed by atoms with Crippen molar-refractivity contribution in [3.63, 3.8) is 0 Å². The van der Waals surface area contributed by atoms with Crippen LogP contribution in [0.1, 0.15) is 25.5 Å². The lowest BCUT2D eigenvalue weighted by molar-refractivity contribution is -0.146. The molecule has 1 fully saturated rings. The third-order valence-corrected chi connectivity index (χ3v) is 4.57. The van der Waals surface area contributed by atoms with Gasteiger partial charge in [-0.1, -0.05) is 30.1 Å². The average molecular weight is 302 g/mol. The average Bonchev–Trinajstić information content (AvgIpc) is 2.29. The van der Waals surface area contributed by atoms with E-state index in [1.54, 1.807) is 19.1 Å². The van der Waals surface area contributed by atoms with Crippen LogP contribution in [0.4, 0.5) is 0 Å². The molecule has 1 aliphatic rings. The highest BCUT2D eigenvalue weighted by molar-refractivity contribution is 6.33. The summed E-state index contributed by atoms with van der Waals surface area (Å²) >= 11 is 12.2. The molecular formula is C14H17Cl2NO2. The zero-order chi connectivity index (χ0) is 14.2. The molecule has 1 aliphatic heterocycles. The number of rotatable bonds is 4. The van der Waals surface area contributed by atoms with Crippen LogP contribution in [0.25, 0.3) is 0 Å². The number of carboxylic acid groups (broad SMARTS) is 1. The maximum atomic E-state index is 10.9. The molecule has 0 amide bonds. The highest BCUT2D eigenvalue weighted by Crippen LogP contribution is 2.35. The molecule has 2 unspecified atom stereocenters. The Morgan fingerprint density at radius 1 is 1.37 bits per heavy atom. The van der Waals surface area contributed by atoms with Crippen molar-refractivity contribution in [1.29, 1.82) is 0 Å². The van der Waals surface area contributed by atoms with Gasteiger partial charge in [-0.3, -0.25) is 9.69 Å². The number of halogens is 2. The molecule has 1 saturated heterocycles. The largest absolute Gasteiger partial charge is 0.481 e. The second-order valence-electron chi connectivity index (χ2n) is 5.18. The van der Waals surface area contributed by atoms with Gasteiger partial charge in [-0.25, -0.2) is 0 Å². The van der Waals surface area contributed by atoms with Crippen LogP contribution in [-0.4, -0.2) is 29.1 Å². The van der Waals surface area contributed by atoms with Gasteiger partial charge in [-0.2, -0.15) is 0 Å². The molecule has 1 aromatic carbocycles. The summed E-state index contributed by atoms with van der Waals surface area (Å²) in [4.78, 5) is 13.1. The number of benzene rings is 1. The second kappa shape index (κ2) is 5.70. The Hall–Kier alpha value is -0.770. The Bertz CT molecular complexity index is 486. The summed E-state index contributed by atoms with van der Waals surface area (Å²) in [6, 6.07) is 5.60. The summed E-state index contributed by atoms with van der Waals surface area (Å²) in [7, 11) is 0. The van der Waals surface area contributed by atoms with Crippen molar-refractivity contribution >= 4 is 29.2 Å². The molecule has 5 heteroatoms. The fourth-order valence-electron chi connectivity index (χ4n) is 2.41. The first-order chi connectivity index (χ1) is 8.90. The van der Waals surface area contributed by atoms with Crippen molar-refractivity contribution in [3.05, 3.63) is 33.8 Å². The van der Waals surface area contributed by atoms with Gasteiger partial charge in [0.05, 0.1) is 5.92 Å². The molecule has 1 N–H and O–H groups in total. The van der Waals surface area contributed by atoms with E-state index in [9.17, 15) is 4.79 Å². The van der Waals surface area contributed by atoms with Crippen LogP contribution >= 0.6 is 23.2 Å². The number of aliphatic carboxylic acids is 1. The van der Waals surface area contributed by atoms with E-state index in [0.29, 0.717) is 10.0 Å². The lowest BCUT2D eigenvalue weighted by atomic mass is 9.85. The molecule has 2 atom stereocenters. The molecule has 0 radical (unpaired) electrons. The van der Waals surface area contributed by atoms with Gasteiger partial charge in [0.2, 0.25) is 0 Å². The summed E-state index contributed by atoms with van der Waals surface area (Å²) < 4.78 is 0. The van der Waals surface area contributed by atoms with Crippen molar-refractivity contribution in [2.24, 2.45) is 11.8 Å². The van der Waals surface area contributed by atoms with Crippen LogP contribution in [0, 0.1) is 11.8 Å². The van der Waals surface area contributed by atoms with Gasteiger partial charge in [0, 0.05) is 29.2 Å². The van der Waals surface area contributed by atoms with E-state index in [4.69, 9.17) is 28.3 Å². The van der Waals surface area contributed by atoms with Crippen LogP contribution in [0.2, 0.25) is 10.0 Å². The number of carbonyl (C=O) groups is 1. The first kappa shape index (κ1) is 14.6. The van der Waals surface area contributed by atoms with Gasteiger partial charge in [-0.05, 0) is 36.6 Å². The van der Waals surface area contributed by atoms with E-state index in [2.05, 4.69) is 11.8 Å². The first-order valence-electron chi connectivity index (χ1n) is 6.32. The Morgan fingerprint density at radius 2 is 2.00 bits per heavy atom. The molecule has 0 bridgehead atoms. The zero-order valence-electron chi connectivity index (χ0n) is 10.9. The van der Waals surface area contributed by atoms with Gasteiger partial charge in [0.15, 0.2) is 0 Å². The maximum absolute atomic E-state index is 10.9. The predicted molar refractivity (Wildman–Crippen MR) is 76.7 cm³/mol. The summed E-state index contributed by atoms with van der Waals surface area (Å²) in [6.07, 6.45) is 0. The highest BCUT2D eigenvalue weighted by atomic mass is 35.5. The standard InChI is InChI=1S/C14H17Cl2NO2/c1-8(14(18)19)10-6-17(7-10)9(2)12-5-11(15)3-4-13(12)16/h3-5,8-10H,6-7H2,1-2H3,(H,18,19). The van der Waals surface area contributed by atoms with E-state index in [1.807, 2.05) is 6.07 Å². The lowest BCUT2D eigenvalue weighted by Crippen LogP contribution is -2.51. The number of carboxylic acids is 1. The lowest BCUT2D eigenvalue weighted by Gasteiger charge is -2.45. The van der Waals surface area contributed by atoms with Gasteiger partial charge in [0.1, 0.15) is 0 Å². The fourth-order valence-corrected chi connectivity index (χ4v) is 2.87. The van der Waals surface area contributed by atoms with Crippen molar-refractivity contribution in [3.8, 4) is 0 Å². The highest BCUT2D eigenvalue weighted by Gasteiger charge is 2.37. The Morgan fingerprint density at radius 3 is 2.58 bits per heavy atom. The van der Waals surface area contributed by atoms with Crippen LogP contribution < -0.4 is 0 Å². The van der Waals surface area contributed by atoms with Gasteiger partial charge >= 0.3 is 5.97 Å². The molecule has 0 spiro atoms. The van der Waals surface area contributed by atoms with Crippen LogP contribution in [-0.2, 0) is 4.79 Å². The Balaban J connectivity index is 2.01. The fraction of sp³-hybridized carbons (Fsp3) is 0.500. The van der Waals surface area contributed by atoms with E-state index in [1.165, 1.54) is 0 Å². The zero-order valence-corrected chi connectivity index (χ0v) is 12.4. The molecule has 2 rings (SSSR count). The number of nitrogens with zero attached hydrogens (tertiary/aromatic N) is 1. The van der Waals surface area contributed by atoms with E-state index < -0.39 is 5.97 Å². The van der Waals surface area contributed by atoms with Crippen LogP contribution in [0.3, 0.4) is 0 Å². The minimum absolute atomic E-state index is 0.156. The third-order valence-electron chi connectivity index (χ3n) is 3.99. The van der Waals surface area contributed by atoms with E-state index in [-0.39, 0.29) is 17.9 Å². The summed E-state index contributed by atoms with van der Waals surface area (Å²) in [5, 5.41) is 10.4. The summed E-state index contributed by atoms with van der Waals surface area (Å²) in [5.41, 5.74) is 0.996. The van der Waals surface area contributed by atoms with Crippen molar-refractivity contribution in [2.75, 3.05) is 13.1 Å². The molecule has 3 nitrogen and oxygen atoms in total. The van der Waals surface area contributed by atoms with Gasteiger partial charge in [-0.15, -0.1) is 0 Å².